The Morgan fingerprint density at radius 1 is 1.33 bits per heavy atom. The molecular formula is C21H27N5O4. The Kier molecular flexibility index (Phi) is 6.39. The van der Waals surface area contributed by atoms with Crippen LogP contribution < -0.4 is 5.56 Å². The van der Waals surface area contributed by atoms with Gasteiger partial charge in [0.2, 0.25) is 0 Å². The van der Waals surface area contributed by atoms with Gasteiger partial charge in [-0.25, -0.2) is 4.98 Å². The van der Waals surface area contributed by atoms with Crippen LogP contribution in [-0.4, -0.2) is 42.5 Å². The molecule has 0 unspecified atom stereocenters. The van der Waals surface area contributed by atoms with Gasteiger partial charge in [0.25, 0.3) is 5.56 Å². The van der Waals surface area contributed by atoms with E-state index in [0.29, 0.717) is 24.2 Å². The summed E-state index contributed by atoms with van der Waals surface area (Å²) in [5.74, 6) is -1.28. The van der Waals surface area contributed by atoms with E-state index in [0.717, 1.165) is 5.69 Å². The van der Waals surface area contributed by atoms with Gasteiger partial charge >= 0.3 is 5.97 Å². The van der Waals surface area contributed by atoms with Crippen LogP contribution in [0.5, 0.6) is 5.75 Å². The number of pyridine rings is 1. The lowest BCUT2D eigenvalue weighted by Crippen LogP contribution is -2.29. The van der Waals surface area contributed by atoms with Crippen molar-refractivity contribution in [3.63, 3.8) is 0 Å². The van der Waals surface area contributed by atoms with E-state index in [1.165, 1.54) is 7.11 Å². The Morgan fingerprint density at radius 3 is 2.70 bits per heavy atom. The normalized spacial score (nSPS) is 12.3. The molecule has 0 saturated heterocycles. The Bertz CT molecular complexity index is 1070. The van der Waals surface area contributed by atoms with Crippen LogP contribution in [0.25, 0.3) is 0 Å². The number of rotatable bonds is 8. The maximum Gasteiger partial charge on any atom is 0.306 e. The Morgan fingerprint density at radius 2 is 2.10 bits per heavy atom. The zero-order valence-electron chi connectivity index (χ0n) is 17.6. The highest BCUT2D eigenvalue weighted by Gasteiger charge is 2.27. The lowest BCUT2D eigenvalue weighted by Gasteiger charge is -2.19. The van der Waals surface area contributed by atoms with Crippen molar-refractivity contribution in [3.8, 4) is 5.75 Å². The first kappa shape index (κ1) is 21.4. The molecule has 3 rings (SSSR count). The van der Waals surface area contributed by atoms with Gasteiger partial charge in [-0.15, -0.1) is 0 Å². The second-order valence-corrected chi connectivity index (χ2v) is 7.55. The summed E-state index contributed by atoms with van der Waals surface area (Å²) in [6, 6.07) is 1.68. The number of carbonyl (C=O) groups is 1. The quantitative estimate of drug-likeness (QED) is 0.548. The average molecular weight is 413 g/mol. The average Bonchev–Trinajstić information content (AvgIpc) is 3.38. The molecule has 3 aromatic rings. The van der Waals surface area contributed by atoms with Crippen LogP contribution in [0.1, 0.15) is 54.7 Å². The van der Waals surface area contributed by atoms with E-state index in [1.54, 1.807) is 47.2 Å². The fraction of sp³-hybridized carbons (Fsp3) is 0.429. The fourth-order valence-corrected chi connectivity index (χ4v) is 3.48. The number of methoxy groups -OCH3 is 1. The minimum atomic E-state index is -0.670. The lowest BCUT2D eigenvalue weighted by atomic mass is 9.90. The molecule has 0 fully saturated rings. The number of imidazole rings is 1. The number of hydrogen-bond acceptors (Lipinski definition) is 6. The molecule has 0 aliphatic heterocycles. The Hall–Kier alpha value is -3.36. The van der Waals surface area contributed by atoms with E-state index >= 15 is 0 Å². The summed E-state index contributed by atoms with van der Waals surface area (Å²) >= 11 is 0. The van der Waals surface area contributed by atoms with E-state index in [9.17, 15) is 14.7 Å². The summed E-state index contributed by atoms with van der Waals surface area (Å²) in [5.41, 5.74) is 2.04. The number of H-pyrrole nitrogens is 1. The number of esters is 1. The van der Waals surface area contributed by atoms with Crippen LogP contribution in [0.3, 0.4) is 0 Å². The first-order valence-electron chi connectivity index (χ1n) is 9.83. The molecule has 0 aliphatic rings. The first-order chi connectivity index (χ1) is 14.3. The van der Waals surface area contributed by atoms with E-state index in [2.05, 4.69) is 15.1 Å². The third-order valence-electron chi connectivity index (χ3n) is 5.18. The Balaban J connectivity index is 2.05. The number of aryl methyl sites for hydroxylation is 2. The lowest BCUT2D eigenvalue weighted by molar-refractivity contribution is -0.140. The Labute approximate surface area is 174 Å². The maximum atomic E-state index is 13.4. The van der Waals surface area contributed by atoms with Crippen LogP contribution in [0, 0.1) is 6.92 Å². The van der Waals surface area contributed by atoms with E-state index in [4.69, 9.17) is 4.74 Å². The van der Waals surface area contributed by atoms with Gasteiger partial charge in [-0.3, -0.25) is 14.3 Å². The van der Waals surface area contributed by atoms with Crippen LogP contribution in [0.4, 0.5) is 0 Å². The van der Waals surface area contributed by atoms with Gasteiger partial charge in [-0.05, 0) is 32.4 Å². The zero-order chi connectivity index (χ0) is 21.8. The van der Waals surface area contributed by atoms with Crippen molar-refractivity contribution in [3.05, 3.63) is 63.9 Å². The molecule has 30 heavy (non-hydrogen) atoms. The number of carbonyl (C=O) groups excluding carboxylic acids is 1. The number of hydrogen-bond donors (Lipinski definition) is 2. The van der Waals surface area contributed by atoms with Gasteiger partial charge in [0.1, 0.15) is 5.75 Å². The minimum Gasteiger partial charge on any atom is -0.507 e. The number of ether oxygens (including phenoxy) is 1. The number of aromatic nitrogens is 5. The number of nitrogens with zero attached hydrogens (tertiary/aromatic N) is 4. The molecule has 0 bridgehead atoms. The SMILES string of the molecule is COC(=O)C[C@@H](c1cnn(C(C)C)c1)c1c(O)cc(C)n(CCc2cnc[nH]2)c1=O. The van der Waals surface area contributed by atoms with Gasteiger partial charge < -0.3 is 19.4 Å². The zero-order valence-corrected chi connectivity index (χ0v) is 17.6. The summed E-state index contributed by atoms with van der Waals surface area (Å²) in [5, 5.41) is 15.0. The van der Waals surface area contributed by atoms with E-state index in [-0.39, 0.29) is 29.3 Å². The predicted molar refractivity (Wildman–Crippen MR) is 110 cm³/mol. The van der Waals surface area contributed by atoms with Gasteiger partial charge in [-0.2, -0.15) is 5.10 Å². The minimum absolute atomic E-state index is 0.0767. The molecule has 2 N–H and O–H groups in total. The highest BCUT2D eigenvalue weighted by Crippen LogP contribution is 2.32. The van der Waals surface area contributed by atoms with Gasteiger partial charge in [0.15, 0.2) is 0 Å². The van der Waals surface area contributed by atoms with Crippen LogP contribution in [0.15, 0.2) is 35.8 Å². The van der Waals surface area contributed by atoms with Crippen molar-refractivity contribution in [2.75, 3.05) is 7.11 Å². The molecule has 0 saturated carbocycles. The van der Waals surface area contributed by atoms with Crippen LogP contribution >= 0.6 is 0 Å². The van der Waals surface area contributed by atoms with Gasteiger partial charge in [0, 0.05) is 48.7 Å². The van der Waals surface area contributed by atoms with E-state index < -0.39 is 11.9 Å². The highest BCUT2D eigenvalue weighted by molar-refractivity contribution is 5.71. The molecule has 3 heterocycles. The third-order valence-corrected chi connectivity index (χ3v) is 5.18. The van der Waals surface area contributed by atoms with Crippen molar-refractivity contribution in [2.24, 2.45) is 0 Å². The van der Waals surface area contributed by atoms with Crippen molar-refractivity contribution in [1.29, 1.82) is 0 Å². The van der Waals surface area contributed by atoms with Crippen molar-refractivity contribution >= 4 is 5.97 Å². The highest BCUT2D eigenvalue weighted by atomic mass is 16.5. The monoisotopic (exact) mass is 413 g/mol. The van der Waals surface area contributed by atoms with Gasteiger partial charge in [0.05, 0.1) is 31.6 Å². The summed E-state index contributed by atoms with van der Waals surface area (Å²) in [6.45, 7) is 6.15. The standard InChI is InChI=1S/C21H27N5O4/c1-13(2)26-11-15(9-24-26)17(8-19(28)30-4)20-18(27)7-14(3)25(21(20)29)6-5-16-10-22-12-23-16/h7,9-13,17,27H,5-6,8H2,1-4H3,(H,22,23)/t17-/m0/s1. The van der Waals surface area contributed by atoms with Crippen molar-refractivity contribution in [1.82, 2.24) is 24.3 Å². The molecule has 0 aliphatic carbocycles. The number of aromatic hydroxyl groups is 1. The second kappa shape index (κ2) is 8.98. The summed E-state index contributed by atoms with van der Waals surface area (Å²) < 4.78 is 8.20. The molecule has 0 amide bonds. The number of nitrogens with one attached hydrogen (secondary N) is 1. The molecule has 0 aromatic carbocycles. The van der Waals surface area contributed by atoms with Crippen molar-refractivity contribution in [2.45, 2.75) is 52.1 Å². The van der Waals surface area contributed by atoms with E-state index in [1.807, 2.05) is 13.8 Å². The summed E-state index contributed by atoms with van der Waals surface area (Å²) in [4.78, 5) is 32.5. The second-order valence-electron chi connectivity index (χ2n) is 7.55. The molecular weight excluding hydrogens is 386 g/mol. The molecule has 9 heteroatoms. The topological polar surface area (TPSA) is 115 Å². The summed E-state index contributed by atoms with van der Waals surface area (Å²) in [6.07, 6.45) is 7.23. The maximum absolute atomic E-state index is 13.4. The largest absolute Gasteiger partial charge is 0.507 e. The molecule has 160 valence electrons. The third kappa shape index (κ3) is 4.45. The molecule has 0 spiro atoms. The smallest absolute Gasteiger partial charge is 0.306 e. The first-order valence-corrected chi connectivity index (χ1v) is 9.83. The fourth-order valence-electron chi connectivity index (χ4n) is 3.48. The molecule has 3 aromatic heterocycles. The molecule has 1 atom stereocenters. The summed E-state index contributed by atoms with van der Waals surface area (Å²) in [7, 11) is 1.30. The number of aromatic amines is 1. The van der Waals surface area contributed by atoms with Gasteiger partial charge in [-0.1, -0.05) is 0 Å². The molecule has 9 nitrogen and oxygen atoms in total. The molecule has 0 radical (unpaired) electrons. The predicted octanol–water partition coefficient (Wildman–Crippen LogP) is 2.30. The van der Waals surface area contributed by atoms with Crippen LogP contribution in [-0.2, 0) is 22.5 Å². The van der Waals surface area contributed by atoms with Crippen LogP contribution in [0.2, 0.25) is 0 Å². The van der Waals surface area contributed by atoms with Crippen molar-refractivity contribution < 1.29 is 14.6 Å².